The van der Waals surface area contributed by atoms with Gasteiger partial charge in [-0.05, 0) is 25.2 Å². The molecular weight excluding hydrogens is 148 g/mol. The molecule has 1 fully saturated rings. The lowest BCUT2D eigenvalue weighted by Gasteiger charge is -2.28. The molecule has 1 rings (SSSR count). The smallest absolute Gasteiger partial charge is 0.0468 e. The van der Waals surface area contributed by atoms with Crippen LogP contribution in [0.5, 0.6) is 0 Å². The molecule has 72 valence electrons. The second-order valence-corrected chi connectivity index (χ2v) is 4.01. The predicted octanol–water partition coefficient (Wildman–Crippen LogP) is 3.24. The fourth-order valence-corrected chi connectivity index (χ4v) is 2.20. The highest BCUT2D eigenvalue weighted by Crippen LogP contribution is 2.31. The van der Waals surface area contributed by atoms with Gasteiger partial charge in [-0.1, -0.05) is 32.6 Å². The third-order valence-corrected chi connectivity index (χ3v) is 3.13. The molecule has 0 aromatic heterocycles. The molecule has 0 radical (unpaired) electrons. The lowest BCUT2D eigenvalue weighted by atomic mass is 9.79. The van der Waals surface area contributed by atoms with Crippen molar-refractivity contribution in [3.63, 3.8) is 0 Å². The number of hydrogen-bond donors (Lipinski definition) is 0. The first-order chi connectivity index (χ1) is 5.84. The van der Waals surface area contributed by atoms with E-state index in [-0.39, 0.29) is 0 Å². The SMILES string of the molecule is CCOCCC1CCCCC1C. The Morgan fingerprint density at radius 1 is 1.25 bits per heavy atom. The van der Waals surface area contributed by atoms with E-state index in [0.717, 1.165) is 25.0 Å². The summed E-state index contributed by atoms with van der Waals surface area (Å²) in [4.78, 5) is 0. The zero-order valence-corrected chi connectivity index (χ0v) is 8.51. The van der Waals surface area contributed by atoms with Crippen LogP contribution in [0, 0.1) is 11.8 Å². The number of hydrogen-bond acceptors (Lipinski definition) is 1. The lowest BCUT2D eigenvalue weighted by Crippen LogP contribution is -2.18. The zero-order valence-electron chi connectivity index (χ0n) is 8.51. The minimum Gasteiger partial charge on any atom is -0.382 e. The molecule has 0 amide bonds. The van der Waals surface area contributed by atoms with Gasteiger partial charge in [-0.2, -0.15) is 0 Å². The molecule has 0 heterocycles. The summed E-state index contributed by atoms with van der Waals surface area (Å²) < 4.78 is 5.38. The first kappa shape index (κ1) is 10.0. The quantitative estimate of drug-likeness (QED) is 0.588. The van der Waals surface area contributed by atoms with Crippen LogP contribution in [0.25, 0.3) is 0 Å². The molecule has 0 aromatic rings. The minimum absolute atomic E-state index is 0.876. The predicted molar refractivity (Wildman–Crippen MR) is 52.2 cm³/mol. The van der Waals surface area contributed by atoms with E-state index >= 15 is 0 Å². The van der Waals surface area contributed by atoms with Crippen LogP contribution in [0.4, 0.5) is 0 Å². The molecule has 2 atom stereocenters. The molecule has 0 saturated heterocycles. The molecule has 12 heavy (non-hydrogen) atoms. The van der Waals surface area contributed by atoms with E-state index in [1.807, 2.05) is 0 Å². The Hall–Kier alpha value is -0.0400. The van der Waals surface area contributed by atoms with E-state index in [9.17, 15) is 0 Å². The first-order valence-corrected chi connectivity index (χ1v) is 5.42. The van der Waals surface area contributed by atoms with E-state index < -0.39 is 0 Å². The largest absolute Gasteiger partial charge is 0.382 e. The molecule has 2 unspecified atom stereocenters. The maximum absolute atomic E-state index is 5.38. The van der Waals surface area contributed by atoms with E-state index in [4.69, 9.17) is 4.74 Å². The molecule has 1 nitrogen and oxygen atoms in total. The molecule has 0 N–H and O–H groups in total. The van der Waals surface area contributed by atoms with E-state index in [2.05, 4.69) is 13.8 Å². The summed E-state index contributed by atoms with van der Waals surface area (Å²) in [6.07, 6.45) is 7.06. The Morgan fingerprint density at radius 3 is 2.67 bits per heavy atom. The van der Waals surface area contributed by atoms with Gasteiger partial charge in [0.1, 0.15) is 0 Å². The van der Waals surface area contributed by atoms with Crippen LogP contribution in [-0.4, -0.2) is 13.2 Å². The van der Waals surface area contributed by atoms with Crippen LogP contribution in [0.3, 0.4) is 0 Å². The maximum Gasteiger partial charge on any atom is 0.0468 e. The van der Waals surface area contributed by atoms with E-state index in [1.165, 1.54) is 32.1 Å². The second-order valence-electron chi connectivity index (χ2n) is 4.01. The van der Waals surface area contributed by atoms with Crippen molar-refractivity contribution >= 4 is 0 Å². The van der Waals surface area contributed by atoms with E-state index in [0.29, 0.717) is 0 Å². The molecule has 0 aliphatic heterocycles. The standard InChI is InChI=1S/C11H22O/c1-3-12-9-8-11-7-5-4-6-10(11)2/h10-11H,3-9H2,1-2H3. The minimum atomic E-state index is 0.876. The van der Waals surface area contributed by atoms with Crippen molar-refractivity contribution in [3.8, 4) is 0 Å². The molecule has 1 heteroatoms. The zero-order chi connectivity index (χ0) is 8.81. The van der Waals surface area contributed by atoms with Gasteiger partial charge in [0.15, 0.2) is 0 Å². The summed E-state index contributed by atoms with van der Waals surface area (Å²) in [6.45, 7) is 6.33. The van der Waals surface area contributed by atoms with E-state index in [1.54, 1.807) is 0 Å². The Kier molecular flexibility index (Phi) is 4.67. The van der Waals surface area contributed by atoms with Gasteiger partial charge >= 0.3 is 0 Å². The average molecular weight is 170 g/mol. The van der Waals surface area contributed by atoms with Gasteiger partial charge in [-0.3, -0.25) is 0 Å². The molecular formula is C11H22O. The van der Waals surface area contributed by atoms with Gasteiger partial charge in [0.2, 0.25) is 0 Å². The Balaban J connectivity index is 2.11. The second kappa shape index (κ2) is 5.58. The van der Waals surface area contributed by atoms with Crippen LogP contribution < -0.4 is 0 Å². The molecule has 1 aliphatic rings. The van der Waals surface area contributed by atoms with Crippen molar-refractivity contribution in [2.24, 2.45) is 11.8 Å². The summed E-state index contributed by atoms with van der Waals surface area (Å²) in [7, 11) is 0. The fraction of sp³-hybridized carbons (Fsp3) is 1.00. The van der Waals surface area contributed by atoms with Crippen LogP contribution in [0.2, 0.25) is 0 Å². The van der Waals surface area contributed by atoms with Gasteiger partial charge in [0, 0.05) is 13.2 Å². The summed E-state index contributed by atoms with van der Waals surface area (Å²) >= 11 is 0. The highest BCUT2D eigenvalue weighted by Gasteiger charge is 2.20. The molecule has 0 spiro atoms. The number of rotatable bonds is 4. The van der Waals surface area contributed by atoms with Crippen LogP contribution >= 0.6 is 0 Å². The lowest BCUT2D eigenvalue weighted by molar-refractivity contribution is 0.111. The van der Waals surface area contributed by atoms with Crippen LogP contribution in [-0.2, 0) is 4.74 Å². The first-order valence-electron chi connectivity index (χ1n) is 5.42. The van der Waals surface area contributed by atoms with Crippen LogP contribution in [0.15, 0.2) is 0 Å². The fourth-order valence-electron chi connectivity index (χ4n) is 2.20. The van der Waals surface area contributed by atoms with Crippen LogP contribution in [0.1, 0.15) is 46.0 Å². The molecule has 0 bridgehead atoms. The molecule has 0 aromatic carbocycles. The van der Waals surface area contributed by atoms with Gasteiger partial charge < -0.3 is 4.74 Å². The summed E-state index contributed by atoms with van der Waals surface area (Å²) in [5.74, 6) is 1.89. The highest BCUT2D eigenvalue weighted by atomic mass is 16.5. The van der Waals surface area contributed by atoms with Crippen molar-refractivity contribution < 1.29 is 4.74 Å². The van der Waals surface area contributed by atoms with Gasteiger partial charge in [-0.15, -0.1) is 0 Å². The highest BCUT2D eigenvalue weighted by molar-refractivity contribution is 4.71. The Labute approximate surface area is 76.5 Å². The summed E-state index contributed by atoms with van der Waals surface area (Å²) in [6, 6.07) is 0. The summed E-state index contributed by atoms with van der Waals surface area (Å²) in [5.41, 5.74) is 0. The van der Waals surface area contributed by atoms with Crippen molar-refractivity contribution in [1.82, 2.24) is 0 Å². The van der Waals surface area contributed by atoms with Gasteiger partial charge in [0.25, 0.3) is 0 Å². The average Bonchev–Trinajstić information content (AvgIpc) is 2.09. The number of ether oxygens (including phenoxy) is 1. The van der Waals surface area contributed by atoms with Gasteiger partial charge in [-0.25, -0.2) is 0 Å². The van der Waals surface area contributed by atoms with Crippen molar-refractivity contribution in [3.05, 3.63) is 0 Å². The Morgan fingerprint density at radius 2 is 2.00 bits per heavy atom. The van der Waals surface area contributed by atoms with Crippen molar-refractivity contribution in [1.29, 1.82) is 0 Å². The maximum atomic E-state index is 5.38. The van der Waals surface area contributed by atoms with Gasteiger partial charge in [0.05, 0.1) is 0 Å². The third-order valence-electron chi connectivity index (χ3n) is 3.13. The topological polar surface area (TPSA) is 9.23 Å². The Bertz CT molecular complexity index is 112. The molecule has 1 saturated carbocycles. The third kappa shape index (κ3) is 3.14. The monoisotopic (exact) mass is 170 g/mol. The normalized spacial score (nSPS) is 30.5. The summed E-state index contributed by atoms with van der Waals surface area (Å²) in [5, 5.41) is 0. The van der Waals surface area contributed by atoms with Crippen molar-refractivity contribution in [2.45, 2.75) is 46.0 Å². The van der Waals surface area contributed by atoms with Crippen molar-refractivity contribution in [2.75, 3.05) is 13.2 Å². The molecule has 1 aliphatic carbocycles.